The van der Waals surface area contributed by atoms with Crippen LogP contribution in [0.1, 0.15) is 73.1 Å². The van der Waals surface area contributed by atoms with E-state index in [-0.39, 0.29) is 40.3 Å². The van der Waals surface area contributed by atoms with Crippen molar-refractivity contribution in [2.75, 3.05) is 0 Å². The van der Waals surface area contributed by atoms with Crippen molar-refractivity contribution in [3.05, 3.63) is 0 Å². The molecular formula is C22H35ClN2O3S. The second-order valence-corrected chi connectivity index (χ2v) is 11.3. The molecule has 0 spiro atoms. The summed E-state index contributed by atoms with van der Waals surface area (Å²) >= 11 is 11.5. The Hall–Kier alpha value is -0.520. The van der Waals surface area contributed by atoms with E-state index < -0.39 is 11.2 Å². The molecule has 5 nitrogen and oxygen atoms in total. The molecule has 0 aromatic heterocycles. The SMILES string of the molecule is CC1(C)O[C@@](C)([C@H]2CC[C@](C)(NC=O)[C@H]3CC[C@@](C)(O)[C@H](N=C=S)C23)CC[C@@H]1Cl. The van der Waals surface area contributed by atoms with Gasteiger partial charge in [0.1, 0.15) is 0 Å². The highest BCUT2D eigenvalue weighted by Gasteiger charge is 2.61. The third-order valence-electron chi connectivity index (χ3n) is 8.20. The van der Waals surface area contributed by atoms with E-state index in [1.165, 1.54) is 0 Å². The maximum Gasteiger partial charge on any atom is 0.207 e. The van der Waals surface area contributed by atoms with Crippen LogP contribution in [0.2, 0.25) is 0 Å². The van der Waals surface area contributed by atoms with E-state index in [1.54, 1.807) is 0 Å². The Morgan fingerprint density at radius 1 is 1.14 bits per heavy atom. The summed E-state index contributed by atoms with van der Waals surface area (Å²) in [5.41, 5.74) is -2.08. The monoisotopic (exact) mass is 442 g/mol. The molecule has 1 heterocycles. The van der Waals surface area contributed by atoms with E-state index >= 15 is 0 Å². The minimum absolute atomic E-state index is 0.0267. The molecule has 1 aliphatic heterocycles. The van der Waals surface area contributed by atoms with Crippen LogP contribution in [0.15, 0.2) is 4.99 Å². The molecule has 1 unspecified atom stereocenters. The Morgan fingerprint density at radius 2 is 1.79 bits per heavy atom. The van der Waals surface area contributed by atoms with Crippen molar-refractivity contribution in [2.45, 2.75) is 107 Å². The summed E-state index contributed by atoms with van der Waals surface area (Å²) < 4.78 is 6.69. The molecule has 0 bridgehead atoms. The normalized spacial score (nSPS) is 49.4. The number of ether oxygens (including phenoxy) is 1. The van der Waals surface area contributed by atoms with E-state index in [9.17, 15) is 9.90 Å². The summed E-state index contributed by atoms with van der Waals surface area (Å²) in [5.74, 6) is 0.399. The zero-order valence-electron chi connectivity index (χ0n) is 18.2. The van der Waals surface area contributed by atoms with Gasteiger partial charge in [0.25, 0.3) is 0 Å². The lowest BCUT2D eigenvalue weighted by Gasteiger charge is -2.61. The maximum atomic E-state index is 11.4. The number of aliphatic imine (C=N–C) groups is 1. The number of hydrogen-bond acceptors (Lipinski definition) is 5. The minimum Gasteiger partial charge on any atom is -0.388 e. The molecule has 7 heteroatoms. The van der Waals surface area contributed by atoms with Crippen LogP contribution in [-0.4, -0.2) is 50.4 Å². The topological polar surface area (TPSA) is 70.9 Å². The van der Waals surface area contributed by atoms with Gasteiger partial charge in [0, 0.05) is 5.54 Å². The lowest BCUT2D eigenvalue weighted by Crippen LogP contribution is -2.67. The molecule has 164 valence electrons. The summed E-state index contributed by atoms with van der Waals surface area (Å²) in [5, 5.41) is 16.8. The van der Waals surface area contributed by atoms with E-state index in [0.717, 1.165) is 38.5 Å². The molecule has 1 saturated heterocycles. The van der Waals surface area contributed by atoms with Crippen LogP contribution in [0.3, 0.4) is 0 Å². The molecule has 3 aliphatic rings. The van der Waals surface area contributed by atoms with Gasteiger partial charge in [0.2, 0.25) is 6.41 Å². The number of halogens is 1. The fourth-order valence-electron chi connectivity index (χ4n) is 6.55. The van der Waals surface area contributed by atoms with Gasteiger partial charge in [-0.25, -0.2) is 4.99 Å². The average molecular weight is 443 g/mol. The molecule has 2 N–H and O–H groups in total. The number of aliphatic hydroxyl groups is 1. The van der Waals surface area contributed by atoms with Crippen LogP contribution in [-0.2, 0) is 9.53 Å². The predicted octanol–water partition coefficient (Wildman–Crippen LogP) is 4.10. The lowest BCUT2D eigenvalue weighted by atomic mass is 9.51. The average Bonchev–Trinajstić information content (AvgIpc) is 2.61. The van der Waals surface area contributed by atoms with Crippen LogP contribution in [0.4, 0.5) is 0 Å². The second kappa shape index (κ2) is 7.87. The van der Waals surface area contributed by atoms with Gasteiger partial charge >= 0.3 is 0 Å². The van der Waals surface area contributed by atoms with Crippen LogP contribution in [0.5, 0.6) is 0 Å². The minimum atomic E-state index is -0.958. The van der Waals surface area contributed by atoms with Gasteiger partial charge in [-0.15, -0.1) is 11.6 Å². The number of nitrogens with one attached hydrogen (secondary N) is 1. The first-order valence-electron chi connectivity index (χ1n) is 10.8. The summed E-state index contributed by atoms with van der Waals surface area (Å²) in [7, 11) is 0. The van der Waals surface area contributed by atoms with E-state index in [0.29, 0.717) is 6.42 Å². The number of carbonyl (C=O) groups is 1. The Morgan fingerprint density at radius 3 is 2.38 bits per heavy atom. The highest BCUT2D eigenvalue weighted by Crippen LogP contribution is 2.57. The first kappa shape index (κ1) is 23.1. The number of amides is 1. The number of fused-ring (bicyclic) bond motifs is 1. The lowest BCUT2D eigenvalue weighted by molar-refractivity contribution is -0.221. The first-order valence-corrected chi connectivity index (χ1v) is 11.6. The number of rotatable bonds is 4. The third-order valence-corrected chi connectivity index (χ3v) is 9.04. The summed E-state index contributed by atoms with van der Waals surface area (Å²) in [6.45, 7) is 10.3. The molecule has 2 aliphatic carbocycles. The van der Waals surface area contributed by atoms with Gasteiger partial charge in [-0.2, -0.15) is 0 Å². The quantitative estimate of drug-likeness (QED) is 0.297. The van der Waals surface area contributed by atoms with Gasteiger partial charge in [-0.3, -0.25) is 4.79 Å². The predicted molar refractivity (Wildman–Crippen MR) is 118 cm³/mol. The van der Waals surface area contributed by atoms with Crippen LogP contribution in [0.25, 0.3) is 0 Å². The van der Waals surface area contributed by atoms with Gasteiger partial charge < -0.3 is 15.2 Å². The molecule has 29 heavy (non-hydrogen) atoms. The molecule has 0 aromatic rings. The Bertz CT molecular complexity index is 696. The third kappa shape index (κ3) is 4.04. The molecule has 3 fully saturated rings. The largest absolute Gasteiger partial charge is 0.388 e. The molecule has 3 rings (SSSR count). The first-order chi connectivity index (χ1) is 13.4. The van der Waals surface area contributed by atoms with Crippen molar-refractivity contribution in [1.29, 1.82) is 0 Å². The van der Waals surface area contributed by atoms with Crippen LogP contribution in [0, 0.1) is 17.8 Å². The van der Waals surface area contributed by atoms with Gasteiger partial charge in [-0.05, 0) is 103 Å². The van der Waals surface area contributed by atoms with E-state index in [2.05, 4.69) is 43.2 Å². The molecule has 0 radical (unpaired) electrons. The molecular weight excluding hydrogens is 408 g/mol. The highest BCUT2D eigenvalue weighted by atomic mass is 35.5. The zero-order valence-corrected chi connectivity index (χ0v) is 19.8. The number of carbonyl (C=O) groups excluding carboxylic acids is 1. The van der Waals surface area contributed by atoms with Crippen molar-refractivity contribution in [3.8, 4) is 0 Å². The molecule has 8 atom stereocenters. The molecule has 2 saturated carbocycles. The molecule has 1 amide bonds. The van der Waals surface area contributed by atoms with Gasteiger partial charge in [0.05, 0.1) is 33.4 Å². The fraction of sp³-hybridized carbons (Fsp3) is 0.909. The van der Waals surface area contributed by atoms with E-state index in [4.69, 9.17) is 28.6 Å². The Balaban J connectivity index is 2.05. The van der Waals surface area contributed by atoms with Crippen molar-refractivity contribution < 1.29 is 14.6 Å². The summed E-state index contributed by atoms with van der Waals surface area (Å²) in [6.07, 6.45) is 5.77. The standard InChI is InChI=1S/C22H35ClN2O3S/c1-19(2)16(23)8-11-22(5,28-19)15-6-9-20(3,25-12-26)14-7-10-21(4,27)18(17(14)15)24-13-29/h12,14-18,27H,6-11H2,1-5H3,(H,25,26)/t14-,15-,16-,17?,18+,20-,21+,22+/m0/s1. The summed E-state index contributed by atoms with van der Waals surface area (Å²) in [6, 6.07) is -0.367. The second-order valence-electron chi connectivity index (χ2n) is 10.6. The van der Waals surface area contributed by atoms with Gasteiger partial charge in [0.15, 0.2) is 0 Å². The van der Waals surface area contributed by atoms with Crippen molar-refractivity contribution in [2.24, 2.45) is 22.7 Å². The zero-order chi connectivity index (χ0) is 21.7. The van der Waals surface area contributed by atoms with Crippen LogP contribution >= 0.6 is 23.8 Å². The fourth-order valence-corrected chi connectivity index (χ4v) is 6.81. The number of nitrogens with zero attached hydrogens (tertiary/aromatic N) is 1. The van der Waals surface area contributed by atoms with Crippen molar-refractivity contribution >= 4 is 35.4 Å². The number of alkyl halides is 1. The summed E-state index contributed by atoms with van der Waals surface area (Å²) in [4.78, 5) is 15.9. The van der Waals surface area contributed by atoms with Crippen LogP contribution < -0.4 is 5.32 Å². The Kier molecular flexibility index (Phi) is 6.28. The number of thiocarbonyl (C=S) groups is 1. The van der Waals surface area contributed by atoms with Gasteiger partial charge in [-0.1, -0.05) is 0 Å². The number of isothiocyanates is 1. The van der Waals surface area contributed by atoms with Crippen molar-refractivity contribution in [3.63, 3.8) is 0 Å². The smallest absolute Gasteiger partial charge is 0.207 e. The Labute approximate surface area is 185 Å². The maximum absolute atomic E-state index is 11.4. The number of hydrogen-bond donors (Lipinski definition) is 2. The molecule has 0 aromatic carbocycles. The highest BCUT2D eigenvalue weighted by molar-refractivity contribution is 7.78. The van der Waals surface area contributed by atoms with Crippen molar-refractivity contribution in [1.82, 2.24) is 5.32 Å². The van der Waals surface area contributed by atoms with E-state index in [1.807, 2.05) is 6.92 Å².